The zero-order chi connectivity index (χ0) is 9.52. The van der Waals surface area contributed by atoms with E-state index in [1.165, 1.54) is 0 Å². The van der Waals surface area contributed by atoms with E-state index in [1.807, 2.05) is 19.1 Å². The molecule has 0 atom stereocenters. The number of hydrogen-bond donors (Lipinski definition) is 0. The third kappa shape index (κ3) is 3.90. The molecular weight excluding hydrogens is 168 g/mol. The summed E-state index contributed by atoms with van der Waals surface area (Å²) in [5.41, 5.74) is 0. The Balaban J connectivity index is 2.15. The van der Waals surface area contributed by atoms with Gasteiger partial charge in [-0.05, 0) is 19.1 Å². The summed E-state index contributed by atoms with van der Waals surface area (Å²) >= 11 is 0. The average molecular weight is 182 g/mol. The normalized spacial score (nSPS) is 10.2. The van der Waals surface area contributed by atoms with Gasteiger partial charge in [-0.2, -0.15) is 0 Å². The highest BCUT2D eigenvalue weighted by atomic mass is 16.5. The number of Topliss-reactive ketones (excluding diaryl/α,β-unsaturated/α-hetero) is 1. The van der Waals surface area contributed by atoms with Crippen molar-refractivity contribution in [2.75, 3.05) is 13.2 Å². The van der Waals surface area contributed by atoms with Crippen molar-refractivity contribution in [3.8, 4) is 0 Å². The second kappa shape index (κ2) is 5.54. The van der Waals surface area contributed by atoms with Crippen LogP contribution in [-0.2, 0) is 16.0 Å². The first-order chi connectivity index (χ1) is 6.33. The predicted molar refractivity (Wildman–Crippen MR) is 48.5 cm³/mol. The van der Waals surface area contributed by atoms with Crippen molar-refractivity contribution in [2.45, 2.75) is 19.8 Å². The Morgan fingerprint density at radius 3 is 3.08 bits per heavy atom. The van der Waals surface area contributed by atoms with Crippen molar-refractivity contribution < 1.29 is 13.9 Å². The number of carbonyl (C=O) groups excluding carboxylic acids is 1. The fourth-order valence-electron chi connectivity index (χ4n) is 1.01. The van der Waals surface area contributed by atoms with Gasteiger partial charge >= 0.3 is 0 Å². The van der Waals surface area contributed by atoms with Gasteiger partial charge in [0.25, 0.3) is 0 Å². The molecule has 0 aliphatic carbocycles. The van der Waals surface area contributed by atoms with E-state index in [1.54, 1.807) is 6.26 Å². The molecule has 13 heavy (non-hydrogen) atoms. The fourth-order valence-corrected chi connectivity index (χ4v) is 1.01. The number of furan rings is 1. The Hall–Kier alpha value is -1.09. The number of rotatable bonds is 6. The van der Waals surface area contributed by atoms with E-state index in [9.17, 15) is 4.79 Å². The van der Waals surface area contributed by atoms with Gasteiger partial charge in [-0.25, -0.2) is 0 Å². The van der Waals surface area contributed by atoms with Gasteiger partial charge in [0.2, 0.25) is 0 Å². The summed E-state index contributed by atoms with van der Waals surface area (Å²) in [5.74, 6) is 0.975. The molecule has 1 rings (SSSR count). The highest BCUT2D eigenvalue weighted by molar-refractivity contribution is 5.79. The molecule has 0 spiro atoms. The Morgan fingerprint density at radius 2 is 2.46 bits per heavy atom. The van der Waals surface area contributed by atoms with Crippen LogP contribution in [0.3, 0.4) is 0 Å². The Morgan fingerprint density at radius 1 is 1.62 bits per heavy atom. The van der Waals surface area contributed by atoms with Crippen LogP contribution in [0.4, 0.5) is 0 Å². The lowest BCUT2D eigenvalue weighted by Gasteiger charge is -1.98. The molecule has 0 N–H and O–H groups in total. The SMILES string of the molecule is CCOCC(=O)CCc1ccco1. The number of carbonyl (C=O) groups is 1. The molecule has 3 heteroatoms. The smallest absolute Gasteiger partial charge is 0.158 e. The van der Waals surface area contributed by atoms with Gasteiger partial charge in [0.15, 0.2) is 5.78 Å². The van der Waals surface area contributed by atoms with Crippen LogP contribution >= 0.6 is 0 Å². The van der Waals surface area contributed by atoms with Gasteiger partial charge < -0.3 is 9.15 Å². The van der Waals surface area contributed by atoms with E-state index >= 15 is 0 Å². The molecule has 3 nitrogen and oxygen atoms in total. The first-order valence-corrected chi connectivity index (χ1v) is 4.44. The molecule has 1 aromatic rings. The summed E-state index contributed by atoms with van der Waals surface area (Å²) in [5, 5.41) is 0. The predicted octanol–water partition coefficient (Wildman–Crippen LogP) is 1.82. The molecule has 0 fully saturated rings. The lowest BCUT2D eigenvalue weighted by molar-refractivity contribution is -0.123. The van der Waals surface area contributed by atoms with E-state index in [4.69, 9.17) is 9.15 Å². The van der Waals surface area contributed by atoms with Gasteiger partial charge in [-0.15, -0.1) is 0 Å². The Kier molecular flexibility index (Phi) is 4.26. The first kappa shape index (κ1) is 9.99. The monoisotopic (exact) mass is 182 g/mol. The molecule has 0 saturated carbocycles. The van der Waals surface area contributed by atoms with Crippen molar-refractivity contribution in [1.29, 1.82) is 0 Å². The number of aryl methyl sites for hydroxylation is 1. The summed E-state index contributed by atoms with van der Waals surface area (Å²) < 4.78 is 10.1. The highest BCUT2D eigenvalue weighted by Crippen LogP contribution is 2.03. The lowest BCUT2D eigenvalue weighted by atomic mass is 10.2. The van der Waals surface area contributed by atoms with E-state index in [0.29, 0.717) is 19.4 Å². The summed E-state index contributed by atoms with van der Waals surface area (Å²) in [6.07, 6.45) is 2.77. The van der Waals surface area contributed by atoms with Crippen LogP contribution in [0.5, 0.6) is 0 Å². The maximum atomic E-state index is 11.1. The molecule has 0 aliphatic heterocycles. The number of ether oxygens (including phenoxy) is 1. The molecule has 0 amide bonds. The molecular formula is C10H14O3. The van der Waals surface area contributed by atoms with Crippen molar-refractivity contribution in [3.63, 3.8) is 0 Å². The molecule has 0 unspecified atom stereocenters. The van der Waals surface area contributed by atoms with Crippen molar-refractivity contribution in [1.82, 2.24) is 0 Å². The molecule has 1 heterocycles. The quantitative estimate of drug-likeness (QED) is 0.673. The summed E-state index contributed by atoms with van der Waals surface area (Å²) in [4.78, 5) is 11.1. The average Bonchev–Trinajstić information content (AvgIpc) is 2.64. The van der Waals surface area contributed by atoms with Crippen molar-refractivity contribution >= 4 is 5.78 Å². The fraction of sp³-hybridized carbons (Fsp3) is 0.500. The minimum atomic E-state index is 0.123. The van der Waals surface area contributed by atoms with E-state index < -0.39 is 0 Å². The Labute approximate surface area is 77.7 Å². The molecule has 0 saturated heterocycles. The van der Waals surface area contributed by atoms with Gasteiger partial charge in [0.1, 0.15) is 12.4 Å². The van der Waals surface area contributed by atoms with Crippen LogP contribution < -0.4 is 0 Å². The van der Waals surface area contributed by atoms with E-state index in [2.05, 4.69) is 0 Å². The van der Waals surface area contributed by atoms with E-state index in [0.717, 1.165) is 5.76 Å². The summed E-state index contributed by atoms with van der Waals surface area (Å²) in [6.45, 7) is 2.68. The summed E-state index contributed by atoms with van der Waals surface area (Å²) in [7, 11) is 0. The van der Waals surface area contributed by atoms with Gasteiger partial charge in [0.05, 0.1) is 6.26 Å². The number of ketones is 1. The van der Waals surface area contributed by atoms with Crippen LogP contribution in [0.1, 0.15) is 19.1 Å². The minimum Gasteiger partial charge on any atom is -0.469 e. The second-order valence-electron chi connectivity index (χ2n) is 2.76. The van der Waals surface area contributed by atoms with Crippen molar-refractivity contribution in [2.24, 2.45) is 0 Å². The minimum absolute atomic E-state index is 0.123. The first-order valence-electron chi connectivity index (χ1n) is 4.44. The van der Waals surface area contributed by atoms with Crippen LogP contribution in [0.2, 0.25) is 0 Å². The molecule has 0 aromatic carbocycles. The van der Waals surface area contributed by atoms with Crippen molar-refractivity contribution in [3.05, 3.63) is 24.2 Å². The lowest BCUT2D eigenvalue weighted by Crippen LogP contribution is -2.09. The molecule has 72 valence electrons. The van der Waals surface area contributed by atoms with E-state index in [-0.39, 0.29) is 12.4 Å². The molecule has 0 aliphatic rings. The zero-order valence-corrected chi connectivity index (χ0v) is 7.79. The third-order valence-electron chi connectivity index (χ3n) is 1.70. The maximum Gasteiger partial charge on any atom is 0.158 e. The topological polar surface area (TPSA) is 39.4 Å². The summed E-state index contributed by atoms with van der Waals surface area (Å²) in [6, 6.07) is 3.69. The standard InChI is InChI=1S/C10H14O3/c1-2-12-8-9(11)5-6-10-4-3-7-13-10/h3-4,7H,2,5-6,8H2,1H3. The molecule has 0 bridgehead atoms. The van der Waals surface area contributed by atoms with Crippen LogP contribution in [0.15, 0.2) is 22.8 Å². The van der Waals surface area contributed by atoms with Crippen LogP contribution in [-0.4, -0.2) is 19.0 Å². The molecule has 1 aromatic heterocycles. The Bertz CT molecular complexity index is 239. The number of hydrogen-bond acceptors (Lipinski definition) is 3. The maximum absolute atomic E-state index is 11.1. The third-order valence-corrected chi connectivity index (χ3v) is 1.70. The van der Waals surface area contributed by atoms with Gasteiger partial charge in [0, 0.05) is 19.4 Å². The zero-order valence-electron chi connectivity index (χ0n) is 7.79. The largest absolute Gasteiger partial charge is 0.469 e. The van der Waals surface area contributed by atoms with Crippen LogP contribution in [0.25, 0.3) is 0 Å². The molecule has 0 radical (unpaired) electrons. The van der Waals surface area contributed by atoms with Crippen LogP contribution in [0, 0.1) is 0 Å². The van der Waals surface area contributed by atoms with Gasteiger partial charge in [-0.3, -0.25) is 4.79 Å². The second-order valence-corrected chi connectivity index (χ2v) is 2.76. The highest BCUT2D eigenvalue weighted by Gasteiger charge is 2.03. The van der Waals surface area contributed by atoms with Gasteiger partial charge in [-0.1, -0.05) is 0 Å².